The lowest BCUT2D eigenvalue weighted by Gasteiger charge is -2.28. The molecule has 1 aliphatic rings. The zero-order chi connectivity index (χ0) is 20.3. The molecule has 1 atom stereocenters. The highest BCUT2D eigenvalue weighted by molar-refractivity contribution is 9.10. The third-order valence-corrected chi connectivity index (χ3v) is 6.41. The second kappa shape index (κ2) is 6.51. The van der Waals surface area contributed by atoms with Gasteiger partial charge in [0.15, 0.2) is 0 Å². The fraction of sp³-hybridized carbons (Fsp3) is 0.304. The first-order chi connectivity index (χ1) is 13.2. The molecule has 0 saturated heterocycles. The van der Waals surface area contributed by atoms with E-state index in [0.717, 1.165) is 58.1 Å². The first kappa shape index (κ1) is 19.3. The molecule has 1 aliphatic carbocycles. The van der Waals surface area contributed by atoms with Gasteiger partial charge in [0.2, 0.25) is 0 Å². The molecule has 1 nitrogen and oxygen atoms in total. The van der Waals surface area contributed by atoms with Gasteiger partial charge in [-0.1, -0.05) is 54.8 Å². The van der Waals surface area contributed by atoms with Gasteiger partial charge in [0, 0.05) is 15.3 Å². The summed E-state index contributed by atoms with van der Waals surface area (Å²) >= 11 is 3.53. The molecule has 0 spiro atoms. The van der Waals surface area contributed by atoms with Gasteiger partial charge in [-0.05, 0) is 64.4 Å². The fourth-order valence-electron chi connectivity index (χ4n) is 4.46. The summed E-state index contributed by atoms with van der Waals surface area (Å²) < 4.78 is 40.5. The van der Waals surface area contributed by atoms with Crippen LogP contribution in [0, 0.1) is 0 Å². The van der Waals surface area contributed by atoms with Crippen LogP contribution in [0.3, 0.4) is 0 Å². The molecular formula is C23H20BrF3O. The topological polar surface area (TPSA) is 20.2 Å². The standard InChI is InChI=1S/C23H20BrF3O/c1-3-4-9-22(2)18-8-6-14(24)11-17(18)21-15-7-5-13(23(25,26)27)10-16(15)20(28)12-19(21)22/h5-8,10-12,28H,3-4,9H2,1-2H3. The van der Waals surface area contributed by atoms with Gasteiger partial charge in [-0.3, -0.25) is 0 Å². The minimum atomic E-state index is -4.45. The van der Waals surface area contributed by atoms with Crippen molar-refractivity contribution in [1.82, 2.24) is 0 Å². The number of aromatic hydroxyl groups is 1. The van der Waals surface area contributed by atoms with Crippen molar-refractivity contribution in [2.24, 2.45) is 0 Å². The van der Waals surface area contributed by atoms with Gasteiger partial charge in [-0.15, -0.1) is 0 Å². The van der Waals surface area contributed by atoms with E-state index >= 15 is 0 Å². The number of halogens is 4. The van der Waals surface area contributed by atoms with Crippen LogP contribution < -0.4 is 0 Å². The Labute approximate surface area is 170 Å². The predicted molar refractivity (Wildman–Crippen MR) is 110 cm³/mol. The number of alkyl halides is 3. The molecule has 4 rings (SSSR count). The summed E-state index contributed by atoms with van der Waals surface area (Å²) in [6.07, 6.45) is -1.46. The van der Waals surface area contributed by atoms with E-state index < -0.39 is 11.7 Å². The number of hydrogen-bond donors (Lipinski definition) is 1. The van der Waals surface area contributed by atoms with Crippen LogP contribution in [-0.2, 0) is 11.6 Å². The van der Waals surface area contributed by atoms with Gasteiger partial charge in [-0.25, -0.2) is 0 Å². The minimum absolute atomic E-state index is 0.102. The number of benzene rings is 3. The Kier molecular flexibility index (Phi) is 4.49. The smallest absolute Gasteiger partial charge is 0.416 e. The summed E-state index contributed by atoms with van der Waals surface area (Å²) in [5, 5.41) is 11.5. The maximum Gasteiger partial charge on any atom is 0.416 e. The Balaban J connectivity index is 2.07. The largest absolute Gasteiger partial charge is 0.507 e. The number of hydrogen-bond acceptors (Lipinski definition) is 1. The molecule has 5 heteroatoms. The van der Waals surface area contributed by atoms with E-state index in [1.807, 2.05) is 12.1 Å². The van der Waals surface area contributed by atoms with Crippen LogP contribution in [0.2, 0.25) is 0 Å². The number of phenols is 1. The molecule has 0 saturated carbocycles. The molecule has 0 aliphatic heterocycles. The van der Waals surface area contributed by atoms with Crippen LogP contribution in [0.5, 0.6) is 5.75 Å². The summed E-state index contributed by atoms with van der Waals surface area (Å²) in [6.45, 7) is 4.30. The van der Waals surface area contributed by atoms with Crippen molar-refractivity contribution in [2.45, 2.75) is 44.7 Å². The highest BCUT2D eigenvalue weighted by Gasteiger charge is 2.41. The first-order valence-corrected chi connectivity index (χ1v) is 10.1. The molecule has 0 radical (unpaired) electrons. The molecule has 0 bridgehead atoms. The van der Waals surface area contributed by atoms with Gasteiger partial charge < -0.3 is 5.11 Å². The SMILES string of the molecule is CCCCC1(C)c2ccc(Br)cc2-c2c1cc(O)c1cc(C(F)(F)F)ccc21. The van der Waals surface area contributed by atoms with Crippen LogP contribution in [0.25, 0.3) is 21.9 Å². The number of unbranched alkanes of at least 4 members (excludes halogenated alkanes) is 1. The second-order valence-electron chi connectivity index (χ2n) is 7.70. The summed E-state index contributed by atoms with van der Waals surface area (Å²) in [6, 6.07) is 11.4. The van der Waals surface area contributed by atoms with Crippen molar-refractivity contribution in [3.05, 3.63) is 63.6 Å². The fourth-order valence-corrected chi connectivity index (χ4v) is 4.82. The molecule has 0 heterocycles. The van der Waals surface area contributed by atoms with Gasteiger partial charge in [0.05, 0.1) is 5.56 Å². The maximum atomic E-state index is 13.2. The monoisotopic (exact) mass is 448 g/mol. The molecule has 146 valence electrons. The number of fused-ring (bicyclic) bond motifs is 5. The Morgan fingerprint density at radius 1 is 1.00 bits per heavy atom. The van der Waals surface area contributed by atoms with Crippen molar-refractivity contribution in [3.63, 3.8) is 0 Å². The maximum absolute atomic E-state index is 13.2. The summed E-state index contributed by atoms with van der Waals surface area (Å²) in [7, 11) is 0. The molecule has 1 unspecified atom stereocenters. The number of phenolic OH excluding ortho intramolecular Hbond substituents is 1. The van der Waals surface area contributed by atoms with E-state index in [2.05, 4.69) is 35.8 Å². The molecule has 0 aromatic heterocycles. The van der Waals surface area contributed by atoms with Crippen LogP contribution in [-0.4, -0.2) is 5.11 Å². The Morgan fingerprint density at radius 3 is 2.43 bits per heavy atom. The van der Waals surface area contributed by atoms with Gasteiger partial charge in [-0.2, -0.15) is 13.2 Å². The Morgan fingerprint density at radius 2 is 1.75 bits per heavy atom. The van der Waals surface area contributed by atoms with E-state index in [-0.39, 0.29) is 16.6 Å². The van der Waals surface area contributed by atoms with Crippen molar-refractivity contribution in [1.29, 1.82) is 0 Å². The van der Waals surface area contributed by atoms with Gasteiger partial charge in [0.1, 0.15) is 5.75 Å². The van der Waals surface area contributed by atoms with Crippen molar-refractivity contribution in [2.75, 3.05) is 0 Å². The molecular weight excluding hydrogens is 429 g/mol. The lowest BCUT2D eigenvalue weighted by Crippen LogP contribution is -2.20. The quantitative estimate of drug-likeness (QED) is 0.433. The molecule has 1 N–H and O–H groups in total. The van der Waals surface area contributed by atoms with E-state index in [9.17, 15) is 18.3 Å². The lowest BCUT2D eigenvalue weighted by atomic mass is 9.76. The zero-order valence-electron chi connectivity index (χ0n) is 15.6. The van der Waals surface area contributed by atoms with Crippen molar-refractivity contribution >= 4 is 26.7 Å². The van der Waals surface area contributed by atoms with Crippen LogP contribution >= 0.6 is 15.9 Å². The van der Waals surface area contributed by atoms with Crippen LogP contribution in [0.15, 0.2) is 46.9 Å². The molecule has 28 heavy (non-hydrogen) atoms. The molecule has 0 amide bonds. The zero-order valence-corrected chi connectivity index (χ0v) is 17.2. The normalized spacial score (nSPS) is 18.4. The van der Waals surface area contributed by atoms with Crippen LogP contribution in [0.1, 0.15) is 49.8 Å². The average molecular weight is 449 g/mol. The highest BCUT2D eigenvalue weighted by atomic mass is 79.9. The third-order valence-electron chi connectivity index (χ3n) is 5.91. The summed E-state index contributed by atoms with van der Waals surface area (Å²) in [5.41, 5.74) is 3.06. The third kappa shape index (κ3) is 2.83. The Hall–Kier alpha value is -2.01. The number of rotatable bonds is 3. The highest BCUT2D eigenvalue weighted by Crippen LogP contribution is 2.55. The molecule has 0 fully saturated rings. The van der Waals surface area contributed by atoms with E-state index in [0.29, 0.717) is 5.39 Å². The van der Waals surface area contributed by atoms with Gasteiger partial charge in [0.25, 0.3) is 0 Å². The van der Waals surface area contributed by atoms with E-state index in [1.54, 1.807) is 6.07 Å². The van der Waals surface area contributed by atoms with Crippen molar-refractivity contribution in [3.8, 4) is 16.9 Å². The lowest BCUT2D eigenvalue weighted by molar-refractivity contribution is -0.137. The summed E-state index contributed by atoms with van der Waals surface area (Å²) in [4.78, 5) is 0. The Bertz CT molecular complexity index is 1090. The van der Waals surface area contributed by atoms with Crippen molar-refractivity contribution < 1.29 is 18.3 Å². The first-order valence-electron chi connectivity index (χ1n) is 9.34. The van der Waals surface area contributed by atoms with Gasteiger partial charge >= 0.3 is 6.18 Å². The molecule has 3 aromatic carbocycles. The predicted octanol–water partition coefficient (Wildman–Crippen LogP) is 7.80. The average Bonchev–Trinajstić information content (AvgIpc) is 2.87. The second-order valence-corrected chi connectivity index (χ2v) is 8.62. The van der Waals surface area contributed by atoms with E-state index in [1.165, 1.54) is 6.07 Å². The minimum Gasteiger partial charge on any atom is -0.507 e. The molecule has 3 aromatic rings. The van der Waals surface area contributed by atoms with E-state index in [4.69, 9.17) is 0 Å². The van der Waals surface area contributed by atoms with Crippen LogP contribution in [0.4, 0.5) is 13.2 Å². The summed E-state index contributed by atoms with van der Waals surface area (Å²) in [5.74, 6) is -0.102.